The number of benzene rings is 1. The summed E-state index contributed by atoms with van der Waals surface area (Å²) in [5.41, 5.74) is 0.0502. The fourth-order valence-electron chi connectivity index (χ4n) is 2.87. The zero-order chi connectivity index (χ0) is 18.2. The van der Waals surface area contributed by atoms with Gasteiger partial charge in [-0.3, -0.25) is 19.4 Å². The molecule has 1 aliphatic heterocycles. The standard InChI is InChI=1S/C17H24FN3O4/c18-14-3-1-2-4-15(14)19-16(23)11-13(17(24)25)12-21-7-5-20(6-8-21)9-10-22/h1-4,13,22H,5-12H2,(H,19,23)(H,24,25)/t13-/m1/s1. The van der Waals surface area contributed by atoms with Crippen molar-refractivity contribution in [2.24, 2.45) is 5.92 Å². The molecule has 7 nitrogen and oxygen atoms in total. The van der Waals surface area contributed by atoms with Crippen molar-refractivity contribution in [2.45, 2.75) is 6.42 Å². The van der Waals surface area contributed by atoms with Gasteiger partial charge in [0, 0.05) is 45.7 Å². The minimum atomic E-state index is -1.04. The maximum Gasteiger partial charge on any atom is 0.308 e. The topological polar surface area (TPSA) is 93.1 Å². The van der Waals surface area contributed by atoms with Crippen LogP contribution in [0.5, 0.6) is 0 Å². The van der Waals surface area contributed by atoms with Crippen LogP contribution >= 0.6 is 0 Å². The van der Waals surface area contributed by atoms with E-state index in [1.165, 1.54) is 18.2 Å². The quantitative estimate of drug-likeness (QED) is 0.629. The number of aliphatic carboxylic acids is 1. The smallest absolute Gasteiger partial charge is 0.308 e. The van der Waals surface area contributed by atoms with E-state index in [4.69, 9.17) is 5.11 Å². The van der Waals surface area contributed by atoms with E-state index in [1.807, 2.05) is 4.90 Å². The Bertz CT molecular complexity index is 591. The lowest BCUT2D eigenvalue weighted by atomic mass is 10.0. The number of hydrogen-bond acceptors (Lipinski definition) is 5. The fraction of sp³-hybridized carbons (Fsp3) is 0.529. The molecule has 3 N–H and O–H groups in total. The van der Waals surface area contributed by atoms with E-state index in [0.29, 0.717) is 19.6 Å². The van der Waals surface area contributed by atoms with Crippen LogP contribution in [0.2, 0.25) is 0 Å². The summed E-state index contributed by atoms with van der Waals surface area (Å²) in [5, 5.41) is 20.7. The number of carboxylic acid groups (broad SMARTS) is 1. The largest absolute Gasteiger partial charge is 0.481 e. The minimum absolute atomic E-state index is 0.0502. The molecular formula is C17H24FN3O4. The monoisotopic (exact) mass is 353 g/mol. The summed E-state index contributed by atoms with van der Waals surface area (Å²) in [6.45, 7) is 3.89. The summed E-state index contributed by atoms with van der Waals surface area (Å²) in [6.07, 6.45) is -0.208. The Hall–Kier alpha value is -2.03. The van der Waals surface area contributed by atoms with Crippen molar-refractivity contribution in [2.75, 3.05) is 51.2 Å². The van der Waals surface area contributed by atoms with E-state index >= 15 is 0 Å². The number of para-hydroxylation sites is 1. The van der Waals surface area contributed by atoms with E-state index < -0.39 is 23.6 Å². The second-order valence-corrected chi connectivity index (χ2v) is 6.13. The van der Waals surface area contributed by atoms with Gasteiger partial charge in [0.15, 0.2) is 0 Å². The van der Waals surface area contributed by atoms with Crippen molar-refractivity contribution < 1.29 is 24.2 Å². The zero-order valence-electron chi connectivity index (χ0n) is 14.0. The normalized spacial score (nSPS) is 17.2. The molecule has 8 heteroatoms. The number of carbonyl (C=O) groups excluding carboxylic acids is 1. The van der Waals surface area contributed by atoms with Gasteiger partial charge >= 0.3 is 5.97 Å². The molecule has 1 amide bonds. The van der Waals surface area contributed by atoms with Crippen molar-refractivity contribution >= 4 is 17.6 Å². The van der Waals surface area contributed by atoms with Crippen LogP contribution in [0, 0.1) is 11.7 Å². The molecule has 0 bridgehead atoms. The molecule has 1 aliphatic rings. The maximum atomic E-state index is 13.6. The van der Waals surface area contributed by atoms with Crippen LogP contribution in [0.4, 0.5) is 10.1 Å². The maximum absolute atomic E-state index is 13.6. The second kappa shape index (κ2) is 9.45. The Kier molecular flexibility index (Phi) is 7.30. The third kappa shape index (κ3) is 6.08. The summed E-state index contributed by atoms with van der Waals surface area (Å²) in [4.78, 5) is 27.6. The third-order valence-electron chi connectivity index (χ3n) is 4.29. The van der Waals surface area contributed by atoms with Crippen molar-refractivity contribution in [3.63, 3.8) is 0 Å². The summed E-state index contributed by atoms with van der Waals surface area (Å²) >= 11 is 0. The van der Waals surface area contributed by atoms with Crippen molar-refractivity contribution in [1.29, 1.82) is 0 Å². The summed E-state index contributed by atoms with van der Waals surface area (Å²) in [5.74, 6) is -2.96. The van der Waals surface area contributed by atoms with E-state index in [9.17, 15) is 19.1 Å². The molecule has 0 unspecified atom stereocenters. The first kappa shape index (κ1) is 19.3. The Labute approximate surface area is 146 Å². The second-order valence-electron chi connectivity index (χ2n) is 6.13. The molecule has 1 aromatic rings. The highest BCUT2D eigenvalue weighted by molar-refractivity contribution is 5.93. The number of β-amino-alcohol motifs (C(OH)–C–C–N with tert-alkyl or cyclic N) is 1. The number of amides is 1. The first-order valence-electron chi connectivity index (χ1n) is 8.32. The Morgan fingerprint density at radius 1 is 1.16 bits per heavy atom. The van der Waals surface area contributed by atoms with Crippen LogP contribution in [0.3, 0.4) is 0 Å². The molecule has 1 aromatic carbocycles. The minimum Gasteiger partial charge on any atom is -0.481 e. The van der Waals surface area contributed by atoms with Crippen molar-refractivity contribution in [1.82, 2.24) is 9.80 Å². The van der Waals surface area contributed by atoms with Gasteiger partial charge in [0.05, 0.1) is 18.2 Å². The predicted octanol–water partition coefficient (Wildman–Crippen LogP) is 0.465. The van der Waals surface area contributed by atoms with Gasteiger partial charge in [-0.05, 0) is 12.1 Å². The van der Waals surface area contributed by atoms with Gasteiger partial charge in [-0.1, -0.05) is 12.1 Å². The SMILES string of the molecule is O=C(C[C@H](CN1CCN(CCO)CC1)C(=O)O)Nc1ccccc1F. The number of anilines is 1. The van der Waals surface area contributed by atoms with Gasteiger partial charge in [-0.25, -0.2) is 4.39 Å². The van der Waals surface area contributed by atoms with Crippen molar-refractivity contribution in [3.8, 4) is 0 Å². The molecule has 0 aromatic heterocycles. The number of carbonyl (C=O) groups is 2. The molecule has 0 aliphatic carbocycles. The van der Waals surface area contributed by atoms with Gasteiger partial charge in [0.1, 0.15) is 5.82 Å². The van der Waals surface area contributed by atoms with Crippen LogP contribution in [0.15, 0.2) is 24.3 Å². The van der Waals surface area contributed by atoms with E-state index in [-0.39, 0.29) is 25.3 Å². The molecule has 0 spiro atoms. The zero-order valence-corrected chi connectivity index (χ0v) is 14.0. The summed E-state index contributed by atoms with van der Waals surface area (Å²) in [6, 6.07) is 5.78. The van der Waals surface area contributed by atoms with Crippen LogP contribution in [0.25, 0.3) is 0 Å². The first-order valence-corrected chi connectivity index (χ1v) is 8.32. The summed E-state index contributed by atoms with van der Waals surface area (Å²) < 4.78 is 13.6. The number of halogens is 1. The van der Waals surface area contributed by atoms with Gasteiger partial charge in [-0.15, -0.1) is 0 Å². The van der Waals surface area contributed by atoms with Crippen LogP contribution in [-0.4, -0.2) is 77.8 Å². The molecule has 138 valence electrons. The van der Waals surface area contributed by atoms with Crippen molar-refractivity contribution in [3.05, 3.63) is 30.1 Å². The number of piperazine rings is 1. The highest BCUT2D eigenvalue weighted by Gasteiger charge is 2.26. The Balaban J connectivity index is 1.85. The number of nitrogens with one attached hydrogen (secondary N) is 1. The fourth-order valence-corrected chi connectivity index (χ4v) is 2.87. The first-order chi connectivity index (χ1) is 12.0. The molecule has 0 saturated carbocycles. The lowest BCUT2D eigenvalue weighted by Crippen LogP contribution is -2.49. The van der Waals surface area contributed by atoms with E-state index in [1.54, 1.807) is 6.07 Å². The van der Waals surface area contributed by atoms with Crippen LogP contribution in [0.1, 0.15) is 6.42 Å². The number of nitrogens with zero attached hydrogens (tertiary/aromatic N) is 2. The average molecular weight is 353 g/mol. The van der Waals surface area contributed by atoms with Crippen LogP contribution < -0.4 is 5.32 Å². The number of aliphatic hydroxyl groups excluding tert-OH is 1. The molecule has 1 fully saturated rings. The summed E-state index contributed by atoms with van der Waals surface area (Å²) in [7, 11) is 0. The highest BCUT2D eigenvalue weighted by Crippen LogP contribution is 2.15. The van der Waals surface area contributed by atoms with Crippen LogP contribution in [-0.2, 0) is 9.59 Å². The van der Waals surface area contributed by atoms with Gasteiger partial charge in [-0.2, -0.15) is 0 Å². The number of rotatable bonds is 8. The number of hydrogen-bond donors (Lipinski definition) is 3. The molecule has 2 rings (SSSR count). The molecule has 0 radical (unpaired) electrons. The third-order valence-corrected chi connectivity index (χ3v) is 4.29. The molecule has 1 atom stereocenters. The Morgan fingerprint density at radius 2 is 1.80 bits per heavy atom. The molecule has 1 saturated heterocycles. The predicted molar refractivity (Wildman–Crippen MR) is 90.7 cm³/mol. The highest BCUT2D eigenvalue weighted by atomic mass is 19.1. The van der Waals surface area contributed by atoms with Gasteiger partial charge in [0.2, 0.25) is 5.91 Å². The molecule has 25 heavy (non-hydrogen) atoms. The lowest BCUT2D eigenvalue weighted by molar-refractivity contribution is -0.144. The van der Waals surface area contributed by atoms with E-state index in [2.05, 4.69) is 10.2 Å². The van der Waals surface area contributed by atoms with Gasteiger partial charge < -0.3 is 15.5 Å². The average Bonchev–Trinajstić information content (AvgIpc) is 2.58. The number of aliphatic hydroxyl groups is 1. The Morgan fingerprint density at radius 3 is 2.40 bits per heavy atom. The molecular weight excluding hydrogens is 329 g/mol. The van der Waals surface area contributed by atoms with Gasteiger partial charge in [0.25, 0.3) is 0 Å². The molecule has 1 heterocycles. The number of carboxylic acids is 1. The van der Waals surface area contributed by atoms with E-state index in [0.717, 1.165) is 13.1 Å². The lowest BCUT2D eigenvalue weighted by Gasteiger charge is -2.35.